The van der Waals surface area contributed by atoms with E-state index in [9.17, 15) is 4.79 Å². The molecule has 6 rings (SSSR count). The standard InChI is InChI=1S/C28H27N7O2/c1-17-30-27(33-34(17)3)19-9-11-20(12-10-19)37-26-16-24-23(31-28(32-24)22-7-4-5-13-29-22)15-21(26)25-8-6-14-35(25)18(2)36/h4-5,7,9-13,15-16,25H,6,8,14H2,1-3H3,(H,31,32). The number of carbonyl (C=O) groups is 1. The largest absolute Gasteiger partial charge is 0.457 e. The molecular formula is C28H27N7O2. The van der Waals surface area contributed by atoms with E-state index in [4.69, 9.17) is 9.72 Å². The molecule has 1 saturated heterocycles. The second-order valence-electron chi connectivity index (χ2n) is 9.31. The minimum absolute atomic E-state index is 0.0570. The van der Waals surface area contributed by atoms with Crippen LogP contribution in [0.4, 0.5) is 0 Å². The Kier molecular flexibility index (Phi) is 5.67. The number of likely N-dealkylation sites (tertiary alicyclic amines) is 1. The average Bonchev–Trinajstić information content (AvgIpc) is 3.63. The van der Waals surface area contributed by atoms with Crippen LogP contribution in [0.25, 0.3) is 33.9 Å². The molecule has 37 heavy (non-hydrogen) atoms. The summed E-state index contributed by atoms with van der Waals surface area (Å²) < 4.78 is 8.20. The van der Waals surface area contributed by atoms with E-state index in [1.54, 1.807) is 17.8 Å². The zero-order chi connectivity index (χ0) is 25.5. The first kappa shape index (κ1) is 22.9. The summed E-state index contributed by atoms with van der Waals surface area (Å²) in [4.78, 5) is 31.4. The normalized spacial score (nSPS) is 15.4. The Morgan fingerprint density at radius 1 is 1.11 bits per heavy atom. The van der Waals surface area contributed by atoms with Gasteiger partial charge in [0.25, 0.3) is 0 Å². The SMILES string of the molecule is CC(=O)N1CCCC1c1cc2[nH]c(-c3ccccn3)nc2cc1Oc1ccc(-c2nc(C)n(C)n2)cc1. The smallest absolute Gasteiger partial charge is 0.219 e. The molecule has 9 heteroatoms. The Hall–Kier alpha value is -4.53. The Morgan fingerprint density at radius 3 is 2.65 bits per heavy atom. The van der Waals surface area contributed by atoms with Crippen molar-refractivity contribution in [1.29, 1.82) is 0 Å². The number of nitrogens with zero attached hydrogens (tertiary/aromatic N) is 6. The molecule has 9 nitrogen and oxygen atoms in total. The van der Waals surface area contributed by atoms with Crippen molar-refractivity contribution < 1.29 is 9.53 Å². The maximum absolute atomic E-state index is 12.4. The molecule has 1 amide bonds. The summed E-state index contributed by atoms with van der Waals surface area (Å²) in [6.45, 7) is 4.29. The number of ether oxygens (including phenoxy) is 1. The second kappa shape index (κ2) is 9.16. The molecule has 1 atom stereocenters. The first-order chi connectivity index (χ1) is 18.0. The van der Waals surface area contributed by atoms with Gasteiger partial charge < -0.3 is 14.6 Å². The molecule has 1 N–H and O–H groups in total. The van der Waals surface area contributed by atoms with Crippen LogP contribution in [0, 0.1) is 6.92 Å². The number of benzene rings is 2. The van der Waals surface area contributed by atoms with E-state index >= 15 is 0 Å². The fourth-order valence-electron chi connectivity index (χ4n) is 4.88. The van der Waals surface area contributed by atoms with Crippen LogP contribution in [-0.2, 0) is 11.8 Å². The number of aryl methyl sites for hydroxylation is 2. The lowest BCUT2D eigenvalue weighted by Gasteiger charge is -2.25. The molecule has 3 aromatic heterocycles. The number of hydrogen-bond acceptors (Lipinski definition) is 6. The van der Waals surface area contributed by atoms with Crippen molar-refractivity contribution in [3.05, 3.63) is 72.2 Å². The van der Waals surface area contributed by atoms with Gasteiger partial charge in [-0.2, -0.15) is 5.10 Å². The van der Waals surface area contributed by atoms with Gasteiger partial charge in [-0.15, -0.1) is 0 Å². The first-order valence-electron chi connectivity index (χ1n) is 12.3. The summed E-state index contributed by atoms with van der Waals surface area (Å²) in [6.07, 6.45) is 3.58. The predicted molar refractivity (Wildman–Crippen MR) is 140 cm³/mol. The number of hydrogen-bond donors (Lipinski definition) is 1. The van der Waals surface area contributed by atoms with Gasteiger partial charge in [-0.05, 0) is 62.2 Å². The lowest BCUT2D eigenvalue weighted by Crippen LogP contribution is -2.28. The van der Waals surface area contributed by atoms with Gasteiger partial charge in [-0.3, -0.25) is 14.5 Å². The van der Waals surface area contributed by atoms with Gasteiger partial charge >= 0.3 is 0 Å². The van der Waals surface area contributed by atoms with Gasteiger partial charge in [0.05, 0.1) is 17.1 Å². The maximum Gasteiger partial charge on any atom is 0.219 e. The van der Waals surface area contributed by atoms with Gasteiger partial charge in [0, 0.05) is 43.9 Å². The minimum atomic E-state index is -0.0570. The highest BCUT2D eigenvalue weighted by atomic mass is 16.5. The number of aromatic nitrogens is 6. The summed E-state index contributed by atoms with van der Waals surface area (Å²) in [5.74, 6) is 3.65. The maximum atomic E-state index is 12.4. The number of imidazole rings is 1. The Balaban J connectivity index is 1.39. The summed E-state index contributed by atoms with van der Waals surface area (Å²) in [7, 11) is 1.88. The summed E-state index contributed by atoms with van der Waals surface area (Å²) >= 11 is 0. The molecule has 2 aromatic carbocycles. The minimum Gasteiger partial charge on any atom is -0.457 e. The summed E-state index contributed by atoms with van der Waals surface area (Å²) in [5.41, 5.74) is 4.30. The van der Waals surface area contributed by atoms with Crippen LogP contribution in [0.15, 0.2) is 60.8 Å². The molecule has 0 bridgehead atoms. The zero-order valence-electron chi connectivity index (χ0n) is 21.0. The number of rotatable bonds is 5. The number of amides is 1. The van der Waals surface area contributed by atoms with E-state index < -0.39 is 0 Å². The molecule has 186 valence electrons. The Bertz CT molecular complexity index is 1570. The molecule has 0 aliphatic carbocycles. The third-order valence-electron chi connectivity index (χ3n) is 6.86. The van der Waals surface area contributed by atoms with Crippen molar-refractivity contribution in [2.75, 3.05) is 6.54 Å². The van der Waals surface area contributed by atoms with Crippen molar-refractivity contribution in [2.45, 2.75) is 32.7 Å². The van der Waals surface area contributed by atoms with Crippen molar-refractivity contribution in [1.82, 2.24) is 34.6 Å². The second-order valence-corrected chi connectivity index (χ2v) is 9.31. The van der Waals surface area contributed by atoms with Gasteiger partial charge in [0.2, 0.25) is 5.91 Å². The monoisotopic (exact) mass is 493 g/mol. The number of aromatic amines is 1. The van der Waals surface area contributed by atoms with Gasteiger partial charge in [-0.1, -0.05) is 6.07 Å². The predicted octanol–water partition coefficient (Wildman–Crippen LogP) is 5.20. The van der Waals surface area contributed by atoms with Crippen LogP contribution in [0.3, 0.4) is 0 Å². The van der Waals surface area contributed by atoms with Crippen LogP contribution in [0.5, 0.6) is 11.5 Å². The van der Waals surface area contributed by atoms with E-state index in [0.717, 1.165) is 53.1 Å². The molecule has 1 aliphatic heterocycles. The third-order valence-corrected chi connectivity index (χ3v) is 6.86. The molecular weight excluding hydrogens is 466 g/mol. The van der Waals surface area contributed by atoms with Crippen molar-refractivity contribution >= 4 is 16.9 Å². The van der Waals surface area contributed by atoms with Crippen molar-refractivity contribution in [3.63, 3.8) is 0 Å². The highest BCUT2D eigenvalue weighted by Gasteiger charge is 2.31. The quantitative estimate of drug-likeness (QED) is 0.361. The van der Waals surface area contributed by atoms with Gasteiger partial charge in [0.15, 0.2) is 11.6 Å². The van der Waals surface area contributed by atoms with Crippen LogP contribution in [-0.4, -0.2) is 47.1 Å². The van der Waals surface area contributed by atoms with Crippen LogP contribution < -0.4 is 4.74 Å². The van der Waals surface area contributed by atoms with E-state index in [1.807, 2.05) is 67.4 Å². The van der Waals surface area contributed by atoms with Crippen LogP contribution in [0.2, 0.25) is 0 Å². The molecule has 0 spiro atoms. The molecule has 1 fully saturated rings. The topological polar surface area (TPSA) is 102 Å². The summed E-state index contributed by atoms with van der Waals surface area (Å²) in [6, 6.07) is 17.4. The molecule has 1 unspecified atom stereocenters. The fourth-order valence-corrected chi connectivity index (χ4v) is 4.88. The van der Waals surface area contributed by atoms with E-state index in [1.165, 1.54) is 0 Å². The highest BCUT2D eigenvalue weighted by molar-refractivity contribution is 5.82. The number of pyridine rings is 1. The molecule has 5 aromatic rings. The van der Waals surface area contributed by atoms with E-state index in [2.05, 4.69) is 26.1 Å². The lowest BCUT2D eigenvalue weighted by molar-refractivity contribution is -0.129. The Labute approximate surface area is 214 Å². The zero-order valence-corrected chi connectivity index (χ0v) is 21.0. The third kappa shape index (κ3) is 4.33. The molecule has 0 radical (unpaired) electrons. The number of H-pyrrole nitrogens is 1. The summed E-state index contributed by atoms with van der Waals surface area (Å²) in [5, 5.41) is 4.46. The van der Waals surface area contributed by atoms with E-state index in [-0.39, 0.29) is 11.9 Å². The molecule has 0 saturated carbocycles. The van der Waals surface area contributed by atoms with Crippen LogP contribution >= 0.6 is 0 Å². The number of carbonyl (C=O) groups excluding carboxylic acids is 1. The number of fused-ring (bicyclic) bond motifs is 1. The van der Waals surface area contributed by atoms with Crippen molar-refractivity contribution in [2.24, 2.45) is 7.05 Å². The van der Waals surface area contributed by atoms with Crippen LogP contribution in [0.1, 0.15) is 37.2 Å². The lowest BCUT2D eigenvalue weighted by atomic mass is 10.0. The average molecular weight is 494 g/mol. The number of nitrogens with one attached hydrogen (secondary N) is 1. The van der Waals surface area contributed by atoms with Gasteiger partial charge in [0.1, 0.15) is 23.0 Å². The van der Waals surface area contributed by atoms with Gasteiger partial charge in [-0.25, -0.2) is 9.97 Å². The fraction of sp³-hybridized carbons (Fsp3) is 0.250. The van der Waals surface area contributed by atoms with E-state index in [0.29, 0.717) is 23.1 Å². The van der Waals surface area contributed by atoms with Crippen molar-refractivity contribution in [3.8, 4) is 34.4 Å². The molecule has 1 aliphatic rings. The first-order valence-corrected chi connectivity index (χ1v) is 12.3. The molecule has 4 heterocycles. The Morgan fingerprint density at radius 2 is 1.95 bits per heavy atom. The highest BCUT2D eigenvalue weighted by Crippen LogP contribution is 2.41.